The van der Waals surface area contributed by atoms with Crippen molar-refractivity contribution in [2.24, 2.45) is 0 Å². The van der Waals surface area contributed by atoms with Crippen LogP contribution in [0.25, 0.3) is 11.4 Å². The maximum absolute atomic E-state index is 13.1. The first kappa shape index (κ1) is 31.8. The second-order valence-electron chi connectivity index (χ2n) is 7.91. The van der Waals surface area contributed by atoms with Crippen LogP contribution in [0.4, 0.5) is 38.0 Å². The van der Waals surface area contributed by atoms with E-state index in [2.05, 4.69) is 10.2 Å². The smallest absolute Gasteiger partial charge is 0.383 e. The summed E-state index contributed by atoms with van der Waals surface area (Å²) in [6, 6.07) is 6.03. The Bertz CT molecular complexity index is 1640. The van der Waals surface area contributed by atoms with Gasteiger partial charge in [-0.25, -0.2) is 9.36 Å². The van der Waals surface area contributed by atoms with Gasteiger partial charge in [-0.3, -0.25) is 0 Å². The summed E-state index contributed by atoms with van der Waals surface area (Å²) in [5.41, 5.74) is 9.06. The number of aromatic nitrogens is 4. The number of nitrogens with two attached hydrogens (primary N) is 2. The van der Waals surface area contributed by atoms with E-state index < -0.39 is 43.6 Å². The lowest BCUT2D eigenvalue weighted by Gasteiger charge is -2.13. The molecule has 4 aromatic rings. The third-order valence-electron chi connectivity index (χ3n) is 5.28. The van der Waals surface area contributed by atoms with E-state index in [9.17, 15) is 36.9 Å². The Hall–Kier alpha value is -3.12. The van der Waals surface area contributed by atoms with Crippen LogP contribution in [0.15, 0.2) is 34.1 Å². The summed E-state index contributed by atoms with van der Waals surface area (Å²) in [5, 5.41) is 25.4. The molecule has 4 rings (SSSR count). The molecule has 4 N–H and O–H groups in total. The van der Waals surface area contributed by atoms with Crippen molar-refractivity contribution in [3.8, 4) is 23.5 Å². The lowest BCUT2D eigenvalue weighted by Crippen LogP contribution is -2.08. The van der Waals surface area contributed by atoms with Gasteiger partial charge in [-0.2, -0.15) is 47.1 Å². The Morgan fingerprint density at radius 3 is 1.17 bits per heavy atom. The second kappa shape index (κ2) is 11.5. The van der Waals surface area contributed by atoms with Crippen LogP contribution in [0.5, 0.6) is 0 Å². The standard InChI is InChI=1S/C22H8Cl4F6N8S2/c23-9-1-7(21(27,28)29)2-10(24)15(9)39-19(35)17(13(5-33)37-39)41-42-18-14(6-34)38-40(20(18)36)16-11(25)3-8(4-12(16)26)22(30,31)32/h1-4H,35-36H2. The van der Waals surface area contributed by atoms with E-state index in [4.69, 9.17) is 57.9 Å². The first-order valence-corrected chi connectivity index (χ1v) is 14.2. The number of rotatable bonds is 5. The van der Waals surface area contributed by atoms with Crippen molar-refractivity contribution in [3.05, 3.63) is 66.9 Å². The fourth-order valence-corrected chi connectivity index (χ4v) is 7.05. The molecule has 0 fully saturated rings. The highest BCUT2D eigenvalue weighted by Crippen LogP contribution is 2.48. The second-order valence-corrected chi connectivity index (χ2v) is 11.7. The fraction of sp³-hybridized carbons (Fsp3) is 0.0909. The molecule has 2 aromatic carbocycles. The molecule has 0 aliphatic carbocycles. The Balaban J connectivity index is 1.74. The number of hydrogen-bond acceptors (Lipinski definition) is 8. The van der Waals surface area contributed by atoms with Crippen LogP contribution < -0.4 is 11.5 Å². The number of benzene rings is 2. The summed E-state index contributed by atoms with van der Waals surface area (Å²) in [5.74, 6) is -0.489. The van der Waals surface area contributed by atoms with Crippen molar-refractivity contribution in [1.82, 2.24) is 19.6 Å². The molecule has 0 saturated carbocycles. The SMILES string of the molecule is N#Cc1nn(-c2c(Cl)cc(C(F)(F)F)cc2Cl)c(N)c1SSc1c(C#N)nn(-c2c(Cl)cc(C(F)(F)F)cc2Cl)c1N. The van der Waals surface area contributed by atoms with Crippen LogP contribution in [0.1, 0.15) is 22.5 Å². The molecule has 0 aliphatic rings. The zero-order valence-electron chi connectivity index (χ0n) is 19.7. The van der Waals surface area contributed by atoms with Gasteiger partial charge in [0.2, 0.25) is 0 Å². The first-order chi connectivity index (χ1) is 19.5. The van der Waals surface area contributed by atoms with Gasteiger partial charge in [-0.15, -0.1) is 0 Å². The highest BCUT2D eigenvalue weighted by molar-refractivity contribution is 8.76. The Labute approximate surface area is 259 Å². The molecule has 0 spiro atoms. The molecule has 2 heterocycles. The van der Waals surface area contributed by atoms with Crippen molar-refractivity contribution in [2.45, 2.75) is 22.1 Å². The highest BCUT2D eigenvalue weighted by atomic mass is 35.5. The summed E-state index contributed by atoms with van der Waals surface area (Å²) < 4.78 is 80.6. The van der Waals surface area contributed by atoms with Crippen LogP contribution in [0.3, 0.4) is 0 Å². The zero-order chi connectivity index (χ0) is 31.3. The van der Waals surface area contributed by atoms with E-state index in [1.807, 2.05) is 0 Å². The zero-order valence-corrected chi connectivity index (χ0v) is 24.4. The van der Waals surface area contributed by atoms with E-state index >= 15 is 0 Å². The van der Waals surface area contributed by atoms with Crippen LogP contribution in [-0.2, 0) is 12.4 Å². The minimum Gasteiger partial charge on any atom is -0.383 e. The number of nitrogens with zero attached hydrogens (tertiary/aromatic N) is 6. The van der Waals surface area contributed by atoms with Gasteiger partial charge in [0, 0.05) is 0 Å². The number of nitrogen functional groups attached to an aromatic ring is 2. The molecule has 0 bridgehead atoms. The summed E-state index contributed by atoms with van der Waals surface area (Å²) in [6.45, 7) is 0. The number of alkyl halides is 6. The minimum atomic E-state index is -4.74. The number of hydrogen-bond donors (Lipinski definition) is 2. The van der Waals surface area contributed by atoms with Crippen molar-refractivity contribution < 1.29 is 26.3 Å². The molecule has 0 saturated heterocycles. The monoisotopic (exact) mass is 702 g/mol. The summed E-state index contributed by atoms with van der Waals surface area (Å²) in [6.07, 6.45) is -9.48. The quantitative estimate of drug-likeness (QED) is 0.156. The van der Waals surface area contributed by atoms with Gasteiger partial charge in [0.25, 0.3) is 0 Å². The third-order valence-corrected chi connectivity index (χ3v) is 8.91. The lowest BCUT2D eigenvalue weighted by molar-refractivity contribution is -0.138. The molecule has 20 heteroatoms. The van der Waals surface area contributed by atoms with E-state index in [1.54, 1.807) is 12.1 Å². The van der Waals surface area contributed by atoms with E-state index in [0.29, 0.717) is 24.3 Å². The minimum absolute atomic E-state index is 0.00355. The van der Waals surface area contributed by atoms with Crippen LogP contribution >= 0.6 is 68.0 Å². The largest absolute Gasteiger partial charge is 0.416 e. The lowest BCUT2D eigenvalue weighted by atomic mass is 10.2. The molecule has 0 amide bonds. The molecular formula is C22H8Cl4F6N8S2. The topological polar surface area (TPSA) is 135 Å². The van der Waals surface area contributed by atoms with Crippen molar-refractivity contribution in [3.63, 3.8) is 0 Å². The van der Waals surface area contributed by atoms with Crippen LogP contribution in [0, 0.1) is 22.7 Å². The average Bonchev–Trinajstić information content (AvgIpc) is 3.36. The Morgan fingerprint density at radius 2 is 0.929 bits per heavy atom. The third kappa shape index (κ3) is 5.88. The molecule has 0 atom stereocenters. The highest BCUT2D eigenvalue weighted by Gasteiger charge is 2.34. The van der Waals surface area contributed by atoms with Crippen molar-refractivity contribution in [2.75, 3.05) is 11.5 Å². The maximum Gasteiger partial charge on any atom is 0.416 e. The molecular weight excluding hydrogens is 696 g/mol. The number of halogens is 10. The van der Waals surface area contributed by atoms with Gasteiger partial charge in [-0.05, 0) is 45.9 Å². The predicted octanol–water partition coefficient (Wildman–Crippen LogP) is 8.42. The van der Waals surface area contributed by atoms with Crippen molar-refractivity contribution in [1.29, 1.82) is 10.5 Å². The van der Waals surface area contributed by atoms with Gasteiger partial charge in [0.05, 0.1) is 41.0 Å². The molecule has 2 aromatic heterocycles. The van der Waals surface area contributed by atoms with Gasteiger partial charge in [-0.1, -0.05) is 46.4 Å². The maximum atomic E-state index is 13.1. The van der Waals surface area contributed by atoms with E-state index in [0.717, 1.165) is 31.0 Å². The molecule has 218 valence electrons. The van der Waals surface area contributed by atoms with Crippen LogP contribution in [-0.4, -0.2) is 19.6 Å². The van der Waals surface area contributed by atoms with Crippen molar-refractivity contribution >= 4 is 79.6 Å². The molecule has 0 radical (unpaired) electrons. The summed E-state index contributed by atoms with van der Waals surface area (Å²) >= 11 is 24.3. The Kier molecular flexibility index (Phi) is 8.72. The van der Waals surface area contributed by atoms with E-state index in [-0.39, 0.29) is 44.2 Å². The number of nitriles is 2. The summed E-state index contributed by atoms with van der Waals surface area (Å²) in [7, 11) is 1.55. The fourth-order valence-electron chi connectivity index (χ4n) is 3.43. The summed E-state index contributed by atoms with van der Waals surface area (Å²) in [4.78, 5) is -0.00710. The predicted molar refractivity (Wildman–Crippen MR) is 147 cm³/mol. The first-order valence-electron chi connectivity index (χ1n) is 10.5. The van der Waals surface area contributed by atoms with Gasteiger partial charge in [0.1, 0.15) is 35.1 Å². The van der Waals surface area contributed by atoms with Gasteiger partial charge < -0.3 is 11.5 Å². The Morgan fingerprint density at radius 1 is 0.643 bits per heavy atom. The molecule has 0 aliphatic heterocycles. The molecule has 0 unspecified atom stereocenters. The molecule has 8 nitrogen and oxygen atoms in total. The molecule has 42 heavy (non-hydrogen) atoms. The van der Waals surface area contributed by atoms with Gasteiger partial charge in [0.15, 0.2) is 11.4 Å². The van der Waals surface area contributed by atoms with E-state index in [1.165, 1.54) is 0 Å². The average molecular weight is 704 g/mol. The number of anilines is 2. The van der Waals surface area contributed by atoms with Gasteiger partial charge >= 0.3 is 12.4 Å². The van der Waals surface area contributed by atoms with Crippen LogP contribution in [0.2, 0.25) is 20.1 Å². The normalized spacial score (nSPS) is 11.9.